The van der Waals surface area contributed by atoms with E-state index in [0.717, 1.165) is 0 Å². The zero-order valence-corrected chi connectivity index (χ0v) is 9.36. The van der Waals surface area contributed by atoms with Gasteiger partial charge >= 0.3 is 0 Å². The van der Waals surface area contributed by atoms with Crippen LogP contribution in [-0.4, -0.2) is 9.60 Å². The number of rotatable bonds is 3. The van der Waals surface area contributed by atoms with E-state index in [-0.39, 0.29) is 17.8 Å². The van der Waals surface area contributed by atoms with Gasteiger partial charge in [0.1, 0.15) is 5.82 Å². The predicted octanol–water partition coefficient (Wildman–Crippen LogP) is 1.77. The van der Waals surface area contributed by atoms with E-state index in [4.69, 9.17) is 0 Å². The van der Waals surface area contributed by atoms with Crippen molar-refractivity contribution >= 4 is 0 Å². The number of hydrogen-bond donors (Lipinski definition) is 0. The summed E-state index contributed by atoms with van der Waals surface area (Å²) in [5, 5.41) is 12.9. The Morgan fingerprint density at radius 3 is 2.67 bits per heavy atom. The van der Waals surface area contributed by atoms with Gasteiger partial charge in [0.25, 0.3) is 0 Å². The fourth-order valence-corrected chi connectivity index (χ4v) is 1.59. The molecule has 0 amide bonds. The van der Waals surface area contributed by atoms with E-state index in [1.165, 1.54) is 16.7 Å². The summed E-state index contributed by atoms with van der Waals surface area (Å²) in [6.45, 7) is 0.195. The van der Waals surface area contributed by atoms with Crippen molar-refractivity contribution in [3.8, 4) is 0 Å². The van der Waals surface area contributed by atoms with Crippen LogP contribution in [0.5, 0.6) is 0 Å². The number of benzene rings is 1. The number of hydrogen-bond acceptors (Lipinski definition) is 2. The summed E-state index contributed by atoms with van der Waals surface area (Å²) in [5.74, 6) is -0.346. The maximum absolute atomic E-state index is 13.5. The average molecular weight is 247 g/mol. The summed E-state index contributed by atoms with van der Waals surface area (Å²) >= 11 is 0. The van der Waals surface area contributed by atoms with Gasteiger partial charge in [-0.25, -0.2) is 14.5 Å². The highest BCUT2D eigenvalue weighted by Gasteiger charge is 2.03. The van der Waals surface area contributed by atoms with E-state index >= 15 is 0 Å². The van der Waals surface area contributed by atoms with Crippen LogP contribution in [0.4, 0.5) is 4.39 Å². The summed E-state index contributed by atoms with van der Waals surface area (Å²) in [4.78, 5) is 10.4. The summed E-state index contributed by atoms with van der Waals surface area (Å²) < 4.78 is 15.0. The minimum atomic E-state index is -0.771. The van der Waals surface area contributed by atoms with E-state index in [1.807, 2.05) is 0 Å². The molecule has 6 heteroatoms. The van der Waals surface area contributed by atoms with Crippen LogP contribution in [0.15, 0.2) is 53.8 Å². The van der Waals surface area contributed by atoms with Crippen molar-refractivity contribution in [2.75, 3.05) is 0 Å². The van der Waals surface area contributed by atoms with Crippen molar-refractivity contribution in [2.45, 2.75) is 6.54 Å². The van der Waals surface area contributed by atoms with Gasteiger partial charge in [-0.05, 0) is 18.2 Å². The Morgan fingerprint density at radius 2 is 1.94 bits per heavy atom. The molecule has 0 aliphatic rings. The first-order valence-electron chi connectivity index (χ1n) is 5.25. The first kappa shape index (κ1) is 12.0. The first-order chi connectivity index (χ1) is 8.66. The summed E-state index contributed by atoms with van der Waals surface area (Å²) in [7, 11) is 0. The first-order valence-corrected chi connectivity index (χ1v) is 5.25. The van der Waals surface area contributed by atoms with Gasteiger partial charge in [0.2, 0.25) is 5.49 Å². The maximum atomic E-state index is 13.5. The Bertz CT molecular complexity index is 637. The fourth-order valence-electron chi connectivity index (χ4n) is 1.59. The maximum Gasteiger partial charge on any atom is 0.207 e. The molecule has 0 aliphatic heterocycles. The van der Waals surface area contributed by atoms with Crippen LogP contribution >= 0.6 is 0 Å². The molecule has 0 saturated heterocycles. The Labute approximate surface area is 102 Å². The van der Waals surface area contributed by atoms with Gasteiger partial charge in [0.05, 0.1) is 11.6 Å². The number of pyridine rings is 1. The van der Waals surface area contributed by atoms with Gasteiger partial charge in [-0.15, -0.1) is 0 Å². The van der Waals surface area contributed by atoms with Gasteiger partial charge in [-0.3, -0.25) is 0 Å². The van der Waals surface area contributed by atoms with Crippen molar-refractivity contribution in [3.05, 3.63) is 75.6 Å². The van der Waals surface area contributed by atoms with Crippen LogP contribution < -0.4 is 5.49 Å². The molecule has 0 aliphatic carbocycles. The van der Waals surface area contributed by atoms with Gasteiger partial charge in [-0.2, -0.15) is 0 Å². The second-order valence-corrected chi connectivity index (χ2v) is 3.62. The molecule has 0 bridgehead atoms. The quantitative estimate of drug-likeness (QED) is 0.613. The third-order valence-electron chi connectivity index (χ3n) is 2.40. The van der Waals surface area contributed by atoms with Crippen molar-refractivity contribution in [3.63, 3.8) is 0 Å². The Hall–Kier alpha value is -2.50. The molecule has 1 aromatic heterocycles. The van der Waals surface area contributed by atoms with E-state index in [9.17, 15) is 14.5 Å². The predicted molar refractivity (Wildman–Crippen MR) is 62.5 cm³/mol. The number of nitro groups is 1. The number of halogens is 1. The summed E-state index contributed by atoms with van der Waals surface area (Å²) in [6.07, 6.45) is 1.62. The van der Waals surface area contributed by atoms with Crippen molar-refractivity contribution in [2.24, 2.45) is 5.10 Å². The molecular formula is C12H10FN3O2. The standard InChI is InChI=1S/C12H10FN3O2/c13-11-6-2-1-5-10(11)9-15-8-4-3-7-12(15)14-16(17)18/h1-8H,9H2/b14-12+. The average Bonchev–Trinajstić information content (AvgIpc) is 2.34. The fraction of sp³-hybridized carbons (Fsp3) is 0.0833. The Morgan fingerprint density at radius 1 is 1.22 bits per heavy atom. The molecule has 92 valence electrons. The second kappa shape index (κ2) is 5.22. The zero-order chi connectivity index (χ0) is 13.0. The van der Waals surface area contributed by atoms with E-state index in [1.54, 1.807) is 36.5 Å². The Kier molecular flexibility index (Phi) is 3.47. The van der Waals surface area contributed by atoms with Gasteiger partial charge < -0.3 is 4.57 Å². The SMILES string of the molecule is O=[N+]([O-])/N=c1\ccccn1Cc1ccccc1F. The Balaban J connectivity index is 2.42. The van der Waals surface area contributed by atoms with E-state index in [2.05, 4.69) is 5.10 Å². The van der Waals surface area contributed by atoms with Crippen molar-refractivity contribution in [1.29, 1.82) is 0 Å². The molecule has 0 atom stereocenters. The van der Waals surface area contributed by atoms with Gasteiger partial charge in [-0.1, -0.05) is 24.3 Å². The van der Waals surface area contributed by atoms with Gasteiger partial charge in [0.15, 0.2) is 5.03 Å². The molecule has 1 aromatic carbocycles. The molecule has 0 radical (unpaired) electrons. The van der Waals surface area contributed by atoms with Crippen molar-refractivity contribution in [1.82, 2.24) is 4.57 Å². The molecule has 0 N–H and O–H groups in total. The third-order valence-corrected chi connectivity index (χ3v) is 2.40. The highest BCUT2D eigenvalue weighted by atomic mass is 19.1. The molecule has 0 fully saturated rings. The lowest BCUT2D eigenvalue weighted by Crippen LogP contribution is -2.22. The molecule has 1 heterocycles. The third kappa shape index (κ3) is 2.79. The molecule has 18 heavy (non-hydrogen) atoms. The number of nitrogens with zero attached hydrogens (tertiary/aromatic N) is 3. The lowest BCUT2D eigenvalue weighted by molar-refractivity contribution is -0.490. The topological polar surface area (TPSA) is 60.4 Å². The molecule has 2 aromatic rings. The lowest BCUT2D eigenvalue weighted by atomic mass is 10.2. The van der Waals surface area contributed by atoms with Crippen LogP contribution in [0.3, 0.4) is 0 Å². The zero-order valence-electron chi connectivity index (χ0n) is 9.36. The van der Waals surface area contributed by atoms with Gasteiger partial charge in [0, 0.05) is 11.8 Å². The van der Waals surface area contributed by atoms with Crippen LogP contribution in [0, 0.1) is 15.9 Å². The molecule has 0 spiro atoms. The van der Waals surface area contributed by atoms with Crippen LogP contribution in [0.1, 0.15) is 5.56 Å². The minimum Gasteiger partial charge on any atom is -0.323 e. The molecule has 0 saturated carbocycles. The highest BCUT2D eigenvalue weighted by Crippen LogP contribution is 2.07. The minimum absolute atomic E-state index is 0.172. The van der Waals surface area contributed by atoms with Crippen LogP contribution in [0.25, 0.3) is 0 Å². The molecule has 0 unspecified atom stereocenters. The smallest absolute Gasteiger partial charge is 0.207 e. The molecular weight excluding hydrogens is 237 g/mol. The summed E-state index contributed by atoms with van der Waals surface area (Å²) in [6, 6.07) is 11.1. The van der Waals surface area contributed by atoms with Crippen molar-refractivity contribution < 1.29 is 9.42 Å². The number of aromatic nitrogens is 1. The molecule has 5 nitrogen and oxygen atoms in total. The lowest BCUT2D eigenvalue weighted by Gasteiger charge is -2.06. The molecule has 2 rings (SSSR count). The van der Waals surface area contributed by atoms with Crippen LogP contribution in [-0.2, 0) is 6.54 Å². The van der Waals surface area contributed by atoms with E-state index in [0.29, 0.717) is 5.56 Å². The summed E-state index contributed by atoms with van der Waals surface area (Å²) in [5.41, 5.74) is 0.624. The van der Waals surface area contributed by atoms with Crippen LogP contribution in [0.2, 0.25) is 0 Å². The highest BCUT2D eigenvalue weighted by molar-refractivity contribution is 5.17. The largest absolute Gasteiger partial charge is 0.323 e. The normalized spacial score (nSPS) is 11.5. The van der Waals surface area contributed by atoms with E-state index < -0.39 is 5.03 Å². The second-order valence-electron chi connectivity index (χ2n) is 3.62. The monoisotopic (exact) mass is 247 g/mol.